The number of ether oxygens (including phenoxy) is 1. The van der Waals surface area contributed by atoms with Gasteiger partial charge in [0.15, 0.2) is 0 Å². The van der Waals surface area contributed by atoms with Gasteiger partial charge in [-0.15, -0.1) is 0 Å². The standard InChI is InChI=1S/C17H23NO4/c1-11-9-12(10-15(19)20)13-7-5-6-8-14(13)18(11)16(21)22-17(2,3)4/h5-8,11-12H,9-10H2,1-4H3,(H,19,20). The van der Waals surface area contributed by atoms with Crippen LogP contribution in [-0.4, -0.2) is 28.8 Å². The summed E-state index contributed by atoms with van der Waals surface area (Å²) in [5.74, 6) is -0.903. The van der Waals surface area contributed by atoms with Crippen molar-refractivity contribution in [3.8, 4) is 0 Å². The number of carbonyl (C=O) groups excluding carboxylic acids is 1. The second kappa shape index (κ2) is 5.99. The van der Waals surface area contributed by atoms with Crippen molar-refractivity contribution in [1.29, 1.82) is 0 Å². The van der Waals surface area contributed by atoms with E-state index in [2.05, 4.69) is 0 Å². The van der Waals surface area contributed by atoms with Gasteiger partial charge >= 0.3 is 12.1 Å². The summed E-state index contributed by atoms with van der Waals surface area (Å²) in [5.41, 5.74) is 1.08. The summed E-state index contributed by atoms with van der Waals surface area (Å²) >= 11 is 0. The molecule has 120 valence electrons. The van der Waals surface area contributed by atoms with Crippen LogP contribution in [-0.2, 0) is 9.53 Å². The van der Waals surface area contributed by atoms with Crippen LogP contribution in [0.5, 0.6) is 0 Å². The average molecular weight is 305 g/mol. The largest absolute Gasteiger partial charge is 0.481 e. The van der Waals surface area contributed by atoms with E-state index < -0.39 is 11.6 Å². The van der Waals surface area contributed by atoms with Gasteiger partial charge in [0.2, 0.25) is 0 Å². The molecule has 0 saturated heterocycles. The first-order chi connectivity index (χ1) is 10.2. The molecule has 0 aromatic heterocycles. The smallest absolute Gasteiger partial charge is 0.415 e. The molecule has 1 heterocycles. The van der Waals surface area contributed by atoms with Crippen LogP contribution in [0, 0.1) is 0 Å². The number of para-hydroxylation sites is 1. The first kappa shape index (κ1) is 16.3. The molecule has 2 rings (SSSR count). The van der Waals surface area contributed by atoms with Crippen LogP contribution in [0.25, 0.3) is 0 Å². The van der Waals surface area contributed by atoms with E-state index in [1.165, 1.54) is 0 Å². The molecule has 1 amide bonds. The number of anilines is 1. The van der Waals surface area contributed by atoms with E-state index in [9.17, 15) is 9.59 Å². The molecule has 0 radical (unpaired) electrons. The maximum absolute atomic E-state index is 12.5. The fraction of sp³-hybridized carbons (Fsp3) is 0.529. The van der Waals surface area contributed by atoms with Crippen molar-refractivity contribution >= 4 is 17.7 Å². The van der Waals surface area contributed by atoms with Crippen LogP contribution in [0.2, 0.25) is 0 Å². The molecule has 1 N–H and O–H groups in total. The highest BCUT2D eigenvalue weighted by Gasteiger charge is 2.36. The second-order valence-electron chi connectivity index (χ2n) is 6.79. The summed E-state index contributed by atoms with van der Waals surface area (Å²) in [6, 6.07) is 7.37. The Labute approximate surface area is 130 Å². The van der Waals surface area contributed by atoms with Crippen molar-refractivity contribution in [2.75, 3.05) is 4.90 Å². The molecular weight excluding hydrogens is 282 g/mol. The molecule has 1 aliphatic rings. The van der Waals surface area contributed by atoms with Gasteiger partial charge in [-0.3, -0.25) is 9.69 Å². The third kappa shape index (κ3) is 3.59. The average Bonchev–Trinajstić information content (AvgIpc) is 2.35. The summed E-state index contributed by atoms with van der Waals surface area (Å²) in [5, 5.41) is 9.10. The van der Waals surface area contributed by atoms with Crippen LogP contribution in [0.1, 0.15) is 52.0 Å². The lowest BCUT2D eigenvalue weighted by atomic mass is 9.84. The van der Waals surface area contributed by atoms with E-state index in [4.69, 9.17) is 9.84 Å². The van der Waals surface area contributed by atoms with E-state index >= 15 is 0 Å². The predicted octanol–water partition coefficient (Wildman–Crippen LogP) is 3.78. The number of benzene rings is 1. The molecule has 0 spiro atoms. The van der Waals surface area contributed by atoms with Crippen LogP contribution < -0.4 is 4.90 Å². The van der Waals surface area contributed by atoms with E-state index in [-0.39, 0.29) is 24.5 Å². The minimum Gasteiger partial charge on any atom is -0.481 e. The van der Waals surface area contributed by atoms with Gasteiger partial charge in [0.1, 0.15) is 5.60 Å². The number of aliphatic carboxylic acids is 1. The molecular formula is C17H23NO4. The normalized spacial score (nSPS) is 21.2. The van der Waals surface area contributed by atoms with Gasteiger partial charge in [0.05, 0.1) is 12.1 Å². The summed E-state index contributed by atoms with van der Waals surface area (Å²) < 4.78 is 5.49. The Hall–Kier alpha value is -2.04. The van der Waals surface area contributed by atoms with Crippen molar-refractivity contribution in [3.63, 3.8) is 0 Å². The summed E-state index contributed by atoms with van der Waals surface area (Å²) in [6.45, 7) is 7.42. The third-order valence-corrected chi connectivity index (χ3v) is 3.71. The van der Waals surface area contributed by atoms with Gasteiger partial charge in [0.25, 0.3) is 0 Å². The van der Waals surface area contributed by atoms with Gasteiger partial charge < -0.3 is 9.84 Å². The van der Waals surface area contributed by atoms with Crippen molar-refractivity contribution in [2.45, 2.75) is 58.1 Å². The van der Waals surface area contributed by atoms with Crippen LogP contribution in [0.15, 0.2) is 24.3 Å². The lowest BCUT2D eigenvalue weighted by Gasteiger charge is -2.39. The number of rotatable bonds is 2. The van der Waals surface area contributed by atoms with E-state index in [1.54, 1.807) is 4.90 Å². The summed E-state index contributed by atoms with van der Waals surface area (Å²) in [4.78, 5) is 25.2. The Kier molecular flexibility index (Phi) is 4.44. The van der Waals surface area contributed by atoms with E-state index in [0.717, 1.165) is 11.3 Å². The number of carboxylic acid groups (broad SMARTS) is 1. The van der Waals surface area contributed by atoms with E-state index in [0.29, 0.717) is 6.42 Å². The SMILES string of the molecule is CC1CC(CC(=O)O)c2ccccc2N1C(=O)OC(C)(C)C. The fourth-order valence-corrected chi connectivity index (χ4v) is 2.93. The molecule has 0 saturated carbocycles. The quantitative estimate of drug-likeness (QED) is 0.903. The minimum absolute atomic E-state index is 0.0729. The zero-order valence-corrected chi connectivity index (χ0v) is 13.5. The first-order valence-corrected chi connectivity index (χ1v) is 7.52. The van der Waals surface area contributed by atoms with Crippen LogP contribution in [0.4, 0.5) is 10.5 Å². The molecule has 0 bridgehead atoms. The van der Waals surface area contributed by atoms with Gasteiger partial charge in [-0.05, 0) is 51.7 Å². The van der Waals surface area contributed by atoms with Crippen molar-refractivity contribution in [1.82, 2.24) is 0 Å². The van der Waals surface area contributed by atoms with Crippen LogP contribution in [0.3, 0.4) is 0 Å². The number of hydrogen-bond acceptors (Lipinski definition) is 3. The molecule has 5 heteroatoms. The first-order valence-electron chi connectivity index (χ1n) is 7.52. The lowest BCUT2D eigenvalue weighted by Crippen LogP contribution is -2.46. The number of amides is 1. The highest BCUT2D eigenvalue weighted by atomic mass is 16.6. The number of carbonyl (C=O) groups is 2. The highest BCUT2D eigenvalue weighted by Crippen LogP contribution is 2.40. The maximum Gasteiger partial charge on any atom is 0.415 e. The van der Waals surface area contributed by atoms with Gasteiger partial charge in [-0.25, -0.2) is 4.79 Å². The Morgan fingerprint density at radius 2 is 1.95 bits per heavy atom. The van der Waals surface area contributed by atoms with E-state index in [1.807, 2.05) is 52.0 Å². The molecule has 0 aliphatic carbocycles. The van der Waals surface area contributed by atoms with Gasteiger partial charge in [-0.1, -0.05) is 18.2 Å². The zero-order chi connectivity index (χ0) is 16.5. The third-order valence-electron chi connectivity index (χ3n) is 3.71. The lowest BCUT2D eigenvalue weighted by molar-refractivity contribution is -0.137. The molecule has 0 fully saturated rings. The second-order valence-corrected chi connectivity index (χ2v) is 6.79. The van der Waals surface area contributed by atoms with Gasteiger partial charge in [-0.2, -0.15) is 0 Å². The molecule has 2 unspecified atom stereocenters. The summed E-state index contributed by atoms with van der Waals surface area (Å²) in [6.07, 6.45) is 0.299. The molecule has 5 nitrogen and oxygen atoms in total. The predicted molar refractivity (Wildman–Crippen MR) is 84.2 cm³/mol. The molecule has 2 atom stereocenters. The Bertz CT molecular complexity index is 576. The maximum atomic E-state index is 12.5. The molecule has 1 aliphatic heterocycles. The van der Waals surface area contributed by atoms with Crippen LogP contribution >= 0.6 is 0 Å². The number of nitrogens with zero attached hydrogens (tertiary/aromatic N) is 1. The molecule has 22 heavy (non-hydrogen) atoms. The highest BCUT2D eigenvalue weighted by molar-refractivity contribution is 5.90. The Balaban J connectivity index is 2.36. The number of carboxylic acids is 1. The molecule has 1 aromatic rings. The minimum atomic E-state index is -0.822. The molecule has 1 aromatic carbocycles. The summed E-state index contributed by atoms with van der Waals surface area (Å²) in [7, 11) is 0. The Morgan fingerprint density at radius 1 is 1.32 bits per heavy atom. The Morgan fingerprint density at radius 3 is 2.55 bits per heavy atom. The van der Waals surface area contributed by atoms with Crippen molar-refractivity contribution in [2.24, 2.45) is 0 Å². The number of hydrogen-bond donors (Lipinski definition) is 1. The fourth-order valence-electron chi connectivity index (χ4n) is 2.93. The van der Waals surface area contributed by atoms with Gasteiger partial charge in [0, 0.05) is 6.04 Å². The monoisotopic (exact) mass is 305 g/mol. The van der Waals surface area contributed by atoms with Crippen molar-refractivity contribution in [3.05, 3.63) is 29.8 Å². The zero-order valence-electron chi connectivity index (χ0n) is 13.5. The van der Waals surface area contributed by atoms with Crippen molar-refractivity contribution < 1.29 is 19.4 Å². The number of fused-ring (bicyclic) bond motifs is 1. The topological polar surface area (TPSA) is 66.8 Å².